The van der Waals surface area contributed by atoms with Crippen LogP contribution in [0.4, 0.5) is 5.00 Å². The van der Waals surface area contributed by atoms with E-state index in [1.54, 1.807) is 11.3 Å². The van der Waals surface area contributed by atoms with E-state index in [2.05, 4.69) is 42.0 Å². The monoisotopic (exact) mass is 439 g/mol. The van der Waals surface area contributed by atoms with Gasteiger partial charge in [0.1, 0.15) is 5.00 Å². The van der Waals surface area contributed by atoms with Crippen LogP contribution in [0.3, 0.4) is 0 Å². The van der Waals surface area contributed by atoms with Crippen LogP contribution in [-0.4, -0.2) is 23.3 Å². The van der Waals surface area contributed by atoms with Gasteiger partial charge in [0, 0.05) is 9.70 Å². The molecule has 3 atom stereocenters. The van der Waals surface area contributed by atoms with E-state index in [1.165, 1.54) is 4.88 Å². The Bertz CT molecular complexity index is 801. The van der Waals surface area contributed by atoms with Crippen LogP contribution in [0.2, 0.25) is 0 Å². The number of amides is 1. The number of thiophene rings is 1. The van der Waals surface area contributed by atoms with Gasteiger partial charge in [0.15, 0.2) is 0 Å². The Morgan fingerprint density at radius 2 is 2.00 bits per heavy atom. The highest BCUT2D eigenvalue weighted by molar-refractivity contribution is 9.09. The van der Waals surface area contributed by atoms with Crippen molar-refractivity contribution in [3.63, 3.8) is 0 Å². The maximum absolute atomic E-state index is 13.4. The molecule has 0 spiro atoms. The number of alkyl halides is 1. The third kappa shape index (κ3) is 2.00. The Balaban J connectivity index is 1.67. The third-order valence-electron chi connectivity index (χ3n) is 7.61. The van der Waals surface area contributed by atoms with Gasteiger partial charge in [-0.05, 0) is 55.4 Å². The highest BCUT2D eigenvalue weighted by Gasteiger charge is 2.80. The summed E-state index contributed by atoms with van der Waals surface area (Å²) in [4.78, 5) is 27.4. The van der Waals surface area contributed by atoms with Gasteiger partial charge >= 0.3 is 5.97 Å². The lowest BCUT2D eigenvalue weighted by molar-refractivity contribution is -0.155. The van der Waals surface area contributed by atoms with E-state index in [0.29, 0.717) is 17.2 Å². The van der Waals surface area contributed by atoms with Crippen molar-refractivity contribution >= 4 is 44.1 Å². The molecule has 4 aliphatic carbocycles. The van der Waals surface area contributed by atoms with Gasteiger partial charge in [-0.15, -0.1) is 11.3 Å². The minimum atomic E-state index is -0.415. The summed E-state index contributed by atoms with van der Waals surface area (Å²) in [6.07, 6.45) is 4.89. The van der Waals surface area contributed by atoms with Crippen molar-refractivity contribution in [1.29, 1.82) is 0 Å². The van der Waals surface area contributed by atoms with Gasteiger partial charge in [0.25, 0.3) is 0 Å². The number of aryl methyl sites for hydroxylation is 1. The van der Waals surface area contributed by atoms with Gasteiger partial charge in [0.05, 0.1) is 17.6 Å². The lowest BCUT2D eigenvalue weighted by Gasteiger charge is -2.64. The fraction of sp³-hybridized carbons (Fsp3) is 0.700. The first-order valence-electron chi connectivity index (χ1n) is 9.48. The number of halogens is 1. The lowest BCUT2D eigenvalue weighted by atomic mass is 9.43. The van der Waals surface area contributed by atoms with E-state index in [0.717, 1.165) is 37.7 Å². The minimum absolute atomic E-state index is 0.0461. The number of carbonyl (C=O) groups excluding carboxylic acids is 2. The Hall–Kier alpha value is -0.880. The van der Waals surface area contributed by atoms with Crippen LogP contribution >= 0.6 is 27.3 Å². The predicted molar refractivity (Wildman–Crippen MR) is 107 cm³/mol. The first-order valence-corrected chi connectivity index (χ1v) is 11.2. The zero-order valence-electron chi connectivity index (χ0n) is 15.8. The number of hydrogen-bond acceptors (Lipinski definition) is 4. The molecule has 1 aromatic heterocycles. The number of esters is 1. The molecule has 142 valence electrons. The van der Waals surface area contributed by atoms with Crippen molar-refractivity contribution in [3.05, 3.63) is 16.0 Å². The van der Waals surface area contributed by atoms with Gasteiger partial charge in [-0.3, -0.25) is 4.79 Å². The summed E-state index contributed by atoms with van der Waals surface area (Å²) < 4.78 is 5.28. The smallest absolute Gasteiger partial charge is 0.341 e. The largest absolute Gasteiger partial charge is 0.462 e. The van der Waals surface area contributed by atoms with E-state index in [-0.39, 0.29) is 27.5 Å². The second-order valence-corrected chi connectivity index (χ2v) is 10.6. The molecular weight excluding hydrogens is 414 g/mol. The molecule has 4 nitrogen and oxygen atoms in total. The maximum atomic E-state index is 13.4. The van der Waals surface area contributed by atoms with Gasteiger partial charge in [-0.1, -0.05) is 36.7 Å². The summed E-state index contributed by atoms with van der Waals surface area (Å²) in [5, 5.41) is 3.84. The van der Waals surface area contributed by atoms with E-state index < -0.39 is 5.41 Å². The van der Waals surface area contributed by atoms with E-state index in [4.69, 9.17) is 4.74 Å². The molecule has 26 heavy (non-hydrogen) atoms. The van der Waals surface area contributed by atoms with Crippen molar-refractivity contribution < 1.29 is 14.3 Å². The number of carbonyl (C=O) groups is 2. The van der Waals surface area contributed by atoms with E-state index in [9.17, 15) is 9.59 Å². The number of anilines is 1. The number of nitrogens with one attached hydrogen (secondary N) is 1. The van der Waals surface area contributed by atoms with Crippen LogP contribution in [0.15, 0.2) is 0 Å². The molecule has 6 heteroatoms. The molecule has 4 aliphatic rings. The SMILES string of the molecule is CCOC(=O)c1c(NC(=O)C23CCC(C)(C2Br)C3(C)C)sc2c1CCC2. The highest BCUT2D eigenvalue weighted by Crippen LogP contribution is 2.80. The average Bonchev–Trinajstić information content (AvgIpc) is 3.26. The van der Waals surface area contributed by atoms with Crippen molar-refractivity contribution in [3.8, 4) is 0 Å². The Morgan fingerprint density at radius 3 is 2.58 bits per heavy atom. The van der Waals surface area contributed by atoms with E-state index >= 15 is 0 Å². The number of hydrogen-bond donors (Lipinski definition) is 1. The Kier molecular flexibility index (Phi) is 4.13. The molecule has 3 fully saturated rings. The Labute approximate surface area is 167 Å². The number of rotatable bonds is 4. The molecule has 0 radical (unpaired) electrons. The maximum Gasteiger partial charge on any atom is 0.341 e. The summed E-state index contributed by atoms with van der Waals surface area (Å²) in [7, 11) is 0. The summed E-state index contributed by atoms with van der Waals surface area (Å²) in [5.74, 6) is -0.260. The second kappa shape index (κ2) is 5.81. The molecule has 0 saturated heterocycles. The number of ether oxygens (including phenoxy) is 1. The topological polar surface area (TPSA) is 55.4 Å². The highest BCUT2D eigenvalue weighted by atomic mass is 79.9. The molecule has 3 unspecified atom stereocenters. The third-order valence-corrected chi connectivity index (χ3v) is 10.6. The standard InChI is InChI=1S/C20H26BrNO3S/c1-5-25-15(23)13-11-7-6-8-12(11)26-14(13)22-17(24)20-10-9-19(4,16(20)21)18(20,2)3/h16H,5-10H2,1-4H3,(H,22,24). The molecular formula is C20H26BrNO3S. The van der Waals surface area contributed by atoms with Crippen LogP contribution in [0.5, 0.6) is 0 Å². The summed E-state index contributed by atoms with van der Waals surface area (Å²) in [6.45, 7) is 8.84. The van der Waals surface area contributed by atoms with Crippen LogP contribution in [-0.2, 0) is 22.4 Å². The molecule has 3 saturated carbocycles. The Morgan fingerprint density at radius 1 is 1.27 bits per heavy atom. The van der Waals surface area contributed by atoms with Gasteiger partial charge in [-0.25, -0.2) is 4.79 Å². The van der Waals surface area contributed by atoms with Crippen LogP contribution in [0, 0.1) is 16.2 Å². The van der Waals surface area contributed by atoms with Crippen LogP contribution in [0.25, 0.3) is 0 Å². The molecule has 2 bridgehead atoms. The lowest BCUT2D eigenvalue weighted by Crippen LogP contribution is -2.68. The predicted octanol–water partition coefficient (Wildman–Crippen LogP) is 4.94. The zero-order valence-corrected chi connectivity index (χ0v) is 18.2. The van der Waals surface area contributed by atoms with E-state index in [1.807, 2.05) is 6.92 Å². The van der Waals surface area contributed by atoms with Crippen molar-refractivity contribution in [2.45, 2.75) is 64.6 Å². The summed E-state index contributed by atoms with van der Waals surface area (Å²) in [5.41, 5.74) is 1.34. The molecule has 1 amide bonds. The van der Waals surface area contributed by atoms with Gasteiger partial charge < -0.3 is 10.1 Å². The van der Waals surface area contributed by atoms with Crippen LogP contribution < -0.4 is 5.32 Å². The first-order chi connectivity index (χ1) is 12.2. The van der Waals surface area contributed by atoms with Gasteiger partial charge in [0.2, 0.25) is 5.91 Å². The second-order valence-electron chi connectivity index (χ2n) is 8.61. The van der Waals surface area contributed by atoms with Crippen molar-refractivity contribution in [2.75, 3.05) is 11.9 Å². The minimum Gasteiger partial charge on any atom is -0.462 e. The number of fused-ring (bicyclic) bond motifs is 2. The van der Waals surface area contributed by atoms with Crippen molar-refractivity contribution in [1.82, 2.24) is 0 Å². The quantitative estimate of drug-likeness (QED) is 0.533. The zero-order chi connectivity index (χ0) is 18.9. The molecule has 1 aromatic rings. The molecule has 0 aliphatic heterocycles. The molecule has 1 N–H and O–H groups in total. The van der Waals surface area contributed by atoms with Crippen molar-refractivity contribution in [2.24, 2.45) is 16.2 Å². The molecule has 5 rings (SSSR count). The molecule has 0 aromatic carbocycles. The summed E-state index contributed by atoms with van der Waals surface area (Å²) >= 11 is 5.38. The fourth-order valence-corrected chi connectivity index (χ4v) is 8.67. The normalized spacial score (nSPS) is 33.5. The summed E-state index contributed by atoms with van der Waals surface area (Å²) in [6, 6.07) is 0. The fourth-order valence-electron chi connectivity index (χ4n) is 5.58. The molecule has 1 heterocycles. The average molecular weight is 440 g/mol. The van der Waals surface area contributed by atoms with Gasteiger partial charge in [-0.2, -0.15) is 0 Å². The first kappa shape index (κ1) is 18.5. The van der Waals surface area contributed by atoms with Crippen LogP contribution in [0.1, 0.15) is 67.8 Å².